The fraction of sp³-hybridized carbons (Fsp3) is 0. The molecule has 0 atom stereocenters. The highest BCUT2D eigenvalue weighted by atomic mass is 17.5. The van der Waals surface area contributed by atoms with Crippen LogP contribution in [0, 0.1) is 0 Å². The van der Waals surface area contributed by atoms with Crippen LogP contribution in [0.4, 0.5) is 0 Å². The lowest BCUT2D eigenvalue weighted by Gasteiger charge is -1.92. The van der Waals surface area contributed by atoms with E-state index in [0.29, 0.717) is 0 Å². The minimum atomic E-state index is 2.57. The van der Waals surface area contributed by atoms with E-state index in [9.17, 15) is 0 Å². The van der Waals surface area contributed by atoms with Gasteiger partial charge < -0.3 is 5.26 Å². The van der Waals surface area contributed by atoms with Gasteiger partial charge in [0.15, 0.2) is 0 Å². The van der Waals surface area contributed by atoms with Gasteiger partial charge in [-0.1, -0.05) is 0 Å². The first-order valence-electron chi connectivity index (χ1n) is 0.569. The molecular formula is H2NO3-. The summed E-state index contributed by atoms with van der Waals surface area (Å²) in [6, 6.07) is 0. The Morgan fingerprint density at radius 1 is 1.75 bits per heavy atom. The highest BCUT2D eigenvalue weighted by molar-refractivity contribution is 3.02. The third kappa shape index (κ3) is 1.84. The zero-order chi connectivity index (χ0) is 3.41. The maximum atomic E-state index is 8.45. The van der Waals surface area contributed by atoms with Gasteiger partial charge in [-0.2, -0.15) is 10.9 Å². The summed E-state index contributed by atoms with van der Waals surface area (Å²) in [5.74, 6) is 3.99. The third-order valence-electron chi connectivity index (χ3n) is 0.0393. The lowest BCUT2D eigenvalue weighted by atomic mass is 13.5. The van der Waals surface area contributed by atoms with Gasteiger partial charge >= 0.3 is 0 Å². The molecule has 0 bridgehead atoms. The summed E-state index contributed by atoms with van der Waals surface area (Å²) < 4.78 is 0. The molecule has 0 rings (SSSR count). The van der Waals surface area contributed by atoms with E-state index in [1.165, 1.54) is 0 Å². The summed E-state index contributed by atoms with van der Waals surface area (Å²) in [4.78, 5) is 2.99. The Kier molecular flexibility index (Phi) is 2.73. The van der Waals surface area contributed by atoms with Crippen LogP contribution < -0.4 is 11.2 Å². The molecule has 26 valence electrons. The van der Waals surface area contributed by atoms with Gasteiger partial charge in [0, 0.05) is 0 Å². The van der Waals surface area contributed by atoms with Crippen molar-refractivity contribution in [2.45, 2.75) is 0 Å². The Morgan fingerprint density at radius 2 is 2.00 bits per heavy atom. The largest absolute Gasteiger partial charge is 0.690 e. The molecule has 0 radical (unpaired) electrons. The van der Waals surface area contributed by atoms with Gasteiger partial charge in [0.1, 0.15) is 0 Å². The second kappa shape index (κ2) is 2.84. The molecule has 0 unspecified atom stereocenters. The Bertz CT molecular complexity index is 5.25. The van der Waals surface area contributed by atoms with Crippen molar-refractivity contribution < 1.29 is 15.3 Å². The van der Waals surface area contributed by atoms with E-state index in [0.717, 1.165) is 0 Å². The third-order valence-corrected chi connectivity index (χ3v) is 0.0393. The highest BCUT2D eigenvalue weighted by Crippen LogP contribution is 1.34. The molecular weight excluding hydrogens is 62.0 g/mol. The van der Waals surface area contributed by atoms with Gasteiger partial charge in [-0.05, 0) is 0 Å². The molecule has 0 saturated heterocycles. The Labute approximate surface area is 22.5 Å². The van der Waals surface area contributed by atoms with E-state index in [4.69, 9.17) is 5.26 Å². The number of hydrogen-bond donors (Lipinski definition) is 1. The zero-order valence-corrected chi connectivity index (χ0v) is 1.80. The first-order chi connectivity index (χ1) is 1.91. The summed E-state index contributed by atoms with van der Waals surface area (Å²) in [6.07, 6.45) is 0. The Hall–Kier alpha value is -0.160. The molecule has 0 saturated carbocycles. The molecule has 4 heteroatoms. The standard InChI is InChI=1S/H3NO3/c1-3-4-2/h2H,1H2/p-1. The summed E-state index contributed by atoms with van der Waals surface area (Å²) in [5.41, 5.74) is 0. The number of hydrogen-bond acceptors (Lipinski definition) is 4. The van der Waals surface area contributed by atoms with Crippen molar-refractivity contribution in [1.29, 1.82) is 0 Å². The predicted octanol–water partition coefficient (Wildman–Crippen LogP) is -1.92. The minimum Gasteiger partial charge on any atom is -0.690 e. The van der Waals surface area contributed by atoms with E-state index < -0.39 is 0 Å². The molecule has 0 aromatic rings. The summed E-state index contributed by atoms with van der Waals surface area (Å²) in [5, 5.41) is 11.0. The maximum Gasteiger partial charge on any atom is -0.155 e. The van der Waals surface area contributed by atoms with Crippen molar-refractivity contribution in [3.63, 3.8) is 0 Å². The Balaban J connectivity index is 1.97. The van der Waals surface area contributed by atoms with Gasteiger partial charge in [-0.3, -0.25) is 5.04 Å². The molecule has 0 heterocycles. The average molecular weight is 64.0 g/mol. The van der Waals surface area contributed by atoms with E-state index in [-0.39, 0.29) is 0 Å². The monoisotopic (exact) mass is 64.0 g/mol. The average Bonchev–Trinajstić information content (AvgIpc) is 1.37. The molecule has 0 aliphatic rings. The van der Waals surface area contributed by atoms with Crippen molar-refractivity contribution in [2.24, 2.45) is 5.90 Å². The molecule has 2 N–H and O–H groups in total. The van der Waals surface area contributed by atoms with Crippen LogP contribution in [0.1, 0.15) is 0 Å². The molecule has 0 aliphatic heterocycles. The van der Waals surface area contributed by atoms with E-state index in [2.05, 4.69) is 15.9 Å². The zero-order valence-electron chi connectivity index (χ0n) is 1.80. The number of rotatable bonds is 1. The van der Waals surface area contributed by atoms with E-state index >= 15 is 0 Å². The van der Waals surface area contributed by atoms with Crippen molar-refractivity contribution >= 4 is 0 Å². The van der Waals surface area contributed by atoms with Crippen LogP contribution in [-0.4, -0.2) is 0 Å². The van der Waals surface area contributed by atoms with Crippen LogP contribution >= 0.6 is 0 Å². The quantitative estimate of drug-likeness (QED) is 0.285. The van der Waals surface area contributed by atoms with Crippen LogP contribution in [0.5, 0.6) is 0 Å². The lowest BCUT2D eigenvalue weighted by Crippen LogP contribution is -2.09. The van der Waals surface area contributed by atoms with Crippen LogP contribution in [-0.2, 0) is 10.0 Å². The predicted molar refractivity (Wildman–Crippen MR) is 6.36 cm³/mol. The SMILES string of the molecule is NOO[O-]. The Morgan fingerprint density at radius 3 is 2.00 bits per heavy atom. The van der Waals surface area contributed by atoms with Gasteiger partial charge in [-0.15, -0.1) is 0 Å². The van der Waals surface area contributed by atoms with Crippen LogP contribution in [0.2, 0.25) is 0 Å². The first kappa shape index (κ1) is 3.84. The normalized spacial score (nSPS) is 7.50. The molecule has 0 aromatic carbocycles. The van der Waals surface area contributed by atoms with Crippen LogP contribution in [0.3, 0.4) is 0 Å². The molecule has 0 aromatic heterocycles. The molecule has 4 heavy (non-hydrogen) atoms. The molecule has 0 fully saturated rings. The summed E-state index contributed by atoms with van der Waals surface area (Å²) in [6.45, 7) is 0. The highest BCUT2D eigenvalue weighted by Gasteiger charge is 1.36. The van der Waals surface area contributed by atoms with Crippen molar-refractivity contribution in [3.8, 4) is 0 Å². The lowest BCUT2D eigenvalue weighted by molar-refractivity contribution is -0.802. The molecule has 0 amide bonds. The van der Waals surface area contributed by atoms with Gasteiger partial charge in [0.25, 0.3) is 0 Å². The van der Waals surface area contributed by atoms with Gasteiger partial charge in [0.2, 0.25) is 0 Å². The van der Waals surface area contributed by atoms with E-state index in [1.807, 2.05) is 0 Å². The molecule has 4 nitrogen and oxygen atoms in total. The van der Waals surface area contributed by atoms with Crippen molar-refractivity contribution in [3.05, 3.63) is 0 Å². The summed E-state index contributed by atoms with van der Waals surface area (Å²) in [7, 11) is 0. The van der Waals surface area contributed by atoms with Crippen LogP contribution in [0.25, 0.3) is 0 Å². The minimum absolute atomic E-state index is 2.57. The number of nitrogens with two attached hydrogens (primary N) is 1. The second-order valence-electron chi connectivity index (χ2n) is 0.164. The fourth-order valence-electron chi connectivity index (χ4n) is 0. The second-order valence-corrected chi connectivity index (χ2v) is 0.164. The van der Waals surface area contributed by atoms with Gasteiger partial charge in [0.05, 0.1) is 0 Å². The first-order valence-corrected chi connectivity index (χ1v) is 0.569. The molecule has 0 aliphatic carbocycles. The van der Waals surface area contributed by atoms with Crippen LogP contribution in [0.15, 0.2) is 0 Å². The van der Waals surface area contributed by atoms with Crippen molar-refractivity contribution in [2.75, 3.05) is 0 Å². The topological polar surface area (TPSA) is 67.5 Å². The van der Waals surface area contributed by atoms with Crippen molar-refractivity contribution in [1.82, 2.24) is 0 Å². The van der Waals surface area contributed by atoms with E-state index in [1.54, 1.807) is 0 Å². The summed E-state index contributed by atoms with van der Waals surface area (Å²) >= 11 is 0. The maximum absolute atomic E-state index is 8.45. The molecule has 0 spiro atoms. The van der Waals surface area contributed by atoms with Gasteiger partial charge in [-0.25, -0.2) is 0 Å². The fourth-order valence-corrected chi connectivity index (χ4v) is 0. The smallest absolute Gasteiger partial charge is 0.155 e.